The summed E-state index contributed by atoms with van der Waals surface area (Å²) >= 11 is 0. The predicted molar refractivity (Wildman–Crippen MR) is 64.0 cm³/mol. The molecule has 1 saturated heterocycles. The van der Waals surface area contributed by atoms with Crippen molar-refractivity contribution in [2.24, 2.45) is 0 Å². The molecule has 1 N–H and O–H groups in total. The summed E-state index contributed by atoms with van der Waals surface area (Å²) in [5.74, 6) is 1.32. The number of hydrogen-bond acceptors (Lipinski definition) is 4. The topological polar surface area (TPSA) is 55.6 Å². The summed E-state index contributed by atoms with van der Waals surface area (Å²) in [6.07, 6.45) is 11.4. The standard InChI is InChI=1S/C12H15N5/c1-2-10(6-13-3-1)11-7-15-8-12(16-11)17-5-4-14-9-17/h4-5,7-10,13H,1-3,6H2. The van der Waals surface area contributed by atoms with Crippen LogP contribution in [0.2, 0.25) is 0 Å². The van der Waals surface area contributed by atoms with Crippen LogP contribution >= 0.6 is 0 Å². The van der Waals surface area contributed by atoms with E-state index in [-0.39, 0.29) is 0 Å². The molecule has 2 aromatic rings. The molecule has 0 radical (unpaired) electrons. The molecule has 0 saturated carbocycles. The van der Waals surface area contributed by atoms with Gasteiger partial charge in [0.2, 0.25) is 0 Å². The summed E-state index contributed by atoms with van der Waals surface area (Å²) in [4.78, 5) is 13.0. The zero-order valence-electron chi connectivity index (χ0n) is 9.58. The molecule has 0 amide bonds. The van der Waals surface area contributed by atoms with Gasteiger partial charge in [-0.15, -0.1) is 0 Å². The van der Waals surface area contributed by atoms with Crippen molar-refractivity contribution in [2.75, 3.05) is 13.1 Å². The fraction of sp³-hybridized carbons (Fsp3) is 0.417. The number of hydrogen-bond donors (Lipinski definition) is 1. The Hall–Kier alpha value is -1.75. The summed E-state index contributed by atoms with van der Waals surface area (Å²) < 4.78 is 1.88. The second kappa shape index (κ2) is 4.63. The highest BCUT2D eigenvalue weighted by Crippen LogP contribution is 2.21. The molecular weight excluding hydrogens is 214 g/mol. The maximum absolute atomic E-state index is 4.66. The van der Waals surface area contributed by atoms with Gasteiger partial charge >= 0.3 is 0 Å². The van der Waals surface area contributed by atoms with E-state index in [1.807, 2.05) is 17.0 Å². The van der Waals surface area contributed by atoms with E-state index in [1.165, 1.54) is 12.8 Å². The zero-order valence-corrected chi connectivity index (χ0v) is 9.58. The highest BCUT2D eigenvalue weighted by atomic mass is 15.1. The molecule has 1 unspecified atom stereocenters. The molecule has 5 nitrogen and oxygen atoms in total. The minimum absolute atomic E-state index is 0.486. The van der Waals surface area contributed by atoms with Gasteiger partial charge in [-0.25, -0.2) is 9.97 Å². The number of rotatable bonds is 2. The Bertz CT molecular complexity index is 473. The number of aromatic nitrogens is 4. The molecule has 17 heavy (non-hydrogen) atoms. The average molecular weight is 229 g/mol. The summed E-state index contributed by atoms with van der Waals surface area (Å²) in [7, 11) is 0. The van der Waals surface area contributed by atoms with Gasteiger partial charge in [-0.2, -0.15) is 0 Å². The fourth-order valence-corrected chi connectivity index (χ4v) is 2.19. The maximum Gasteiger partial charge on any atom is 0.156 e. The van der Waals surface area contributed by atoms with E-state index in [2.05, 4.69) is 20.3 Å². The first-order valence-corrected chi connectivity index (χ1v) is 5.94. The molecule has 0 spiro atoms. The van der Waals surface area contributed by atoms with Crippen molar-refractivity contribution in [3.8, 4) is 5.82 Å². The Balaban J connectivity index is 1.88. The Morgan fingerprint density at radius 3 is 3.06 bits per heavy atom. The molecule has 1 aliphatic heterocycles. The Kier molecular flexibility index (Phi) is 2.83. The van der Waals surface area contributed by atoms with Gasteiger partial charge in [0.05, 0.1) is 11.9 Å². The normalized spacial score (nSPS) is 20.4. The van der Waals surface area contributed by atoms with Gasteiger partial charge in [0.1, 0.15) is 6.33 Å². The van der Waals surface area contributed by atoms with E-state index in [0.29, 0.717) is 5.92 Å². The van der Waals surface area contributed by atoms with Crippen molar-refractivity contribution in [1.29, 1.82) is 0 Å². The predicted octanol–water partition coefficient (Wildman–Crippen LogP) is 1.13. The minimum Gasteiger partial charge on any atom is -0.316 e. The summed E-state index contributed by atoms with van der Waals surface area (Å²) in [5.41, 5.74) is 1.07. The van der Waals surface area contributed by atoms with Crippen LogP contribution in [-0.4, -0.2) is 32.6 Å². The van der Waals surface area contributed by atoms with E-state index in [4.69, 9.17) is 0 Å². The quantitative estimate of drug-likeness (QED) is 0.838. The first kappa shape index (κ1) is 10.4. The highest BCUT2D eigenvalue weighted by Gasteiger charge is 2.17. The number of imidazole rings is 1. The van der Waals surface area contributed by atoms with E-state index in [9.17, 15) is 0 Å². The smallest absolute Gasteiger partial charge is 0.156 e. The lowest BCUT2D eigenvalue weighted by Crippen LogP contribution is -2.29. The van der Waals surface area contributed by atoms with E-state index < -0.39 is 0 Å². The SMILES string of the molecule is c1cn(-c2cncc(C3CCCNC3)n2)cn1. The van der Waals surface area contributed by atoms with Gasteiger partial charge in [0.15, 0.2) is 5.82 Å². The largest absolute Gasteiger partial charge is 0.316 e. The third-order valence-corrected chi connectivity index (χ3v) is 3.12. The molecule has 2 aromatic heterocycles. The van der Waals surface area contributed by atoms with Crippen LogP contribution in [0.5, 0.6) is 0 Å². The van der Waals surface area contributed by atoms with Gasteiger partial charge in [-0.3, -0.25) is 9.55 Å². The van der Waals surface area contributed by atoms with Crippen molar-refractivity contribution in [2.45, 2.75) is 18.8 Å². The van der Waals surface area contributed by atoms with Gasteiger partial charge in [0, 0.05) is 31.1 Å². The molecule has 88 valence electrons. The molecule has 0 aliphatic carbocycles. The monoisotopic (exact) mass is 229 g/mol. The third kappa shape index (κ3) is 2.19. The maximum atomic E-state index is 4.66. The lowest BCUT2D eigenvalue weighted by atomic mass is 9.96. The lowest BCUT2D eigenvalue weighted by Gasteiger charge is -2.22. The van der Waals surface area contributed by atoms with Crippen LogP contribution < -0.4 is 5.32 Å². The van der Waals surface area contributed by atoms with Crippen molar-refractivity contribution >= 4 is 0 Å². The number of piperidine rings is 1. The van der Waals surface area contributed by atoms with Crippen LogP contribution in [0.1, 0.15) is 24.5 Å². The molecular formula is C12H15N5. The number of nitrogens with one attached hydrogen (secondary N) is 1. The van der Waals surface area contributed by atoms with Crippen molar-refractivity contribution in [3.05, 3.63) is 36.8 Å². The minimum atomic E-state index is 0.486. The molecule has 1 fully saturated rings. The van der Waals surface area contributed by atoms with Crippen molar-refractivity contribution < 1.29 is 0 Å². The van der Waals surface area contributed by atoms with Crippen LogP contribution in [0.4, 0.5) is 0 Å². The van der Waals surface area contributed by atoms with Crippen LogP contribution in [-0.2, 0) is 0 Å². The third-order valence-electron chi connectivity index (χ3n) is 3.12. The molecule has 3 rings (SSSR count). The Morgan fingerprint density at radius 1 is 1.29 bits per heavy atom. The summed E-state index contributed by atoms with van der Waals surface area (Å²) in [5, 5.41) is 3.40. The van der Waals surface area contributed by atoms with Crippen molar-refractivity contribution in [1.82, 2.24) is 24.8 Å². The van der Waals surface area contributed by atoms with Gasteiger partial charge in [-0.05, 0) is 19.4 Å². The van der Waals surface area contributed by atoms with E-state index in [0.717, 1.165) is 24.6 Å². The Morgan fingerprint density at radius 2 is 2.29 bits per heavy atom. The fourth-order valence-electron chi connectivity index (χ4n) is 2.19. The zero-order chi connectivity index (χ0) is 11.5. The number of nitrogens with zero attached hydrogens (tertiary/aromatic N) is 4. The molecule has 0 bridgehead atoms. The average Bonchev–Trinajstić information content (AvgIpc) is 2.94. The summed E-state index contributed by atoms with van der Waals surface area (Å²) in [6, 6.07) is 0. The molecule has 1 atom stereocenters. The van der Waals surface area contributed by atoms with Crippen molar-refractivity contribution in [3.63, 3.8) is 0 Å². The molecule has 3 heterocycles. The lowest BCUT2D eigenvalue weighted by molar-refractivity contribution is 0.453. The van der Waals surface area contributed by atoms with Crippen LogP contribution in [0.15, 0.2) is 31.1 Å². The summed E-state index contributed by atoms with van der Waals surface area (Å²) in [6.45, 7) is 2.12. The van der Waals surface area contributed by atoms with Crippen LogP contribution in [0.3, 0.4) is 0 Å². The second-order valence-electron chi connectivity index (χ2n) is 4.32. The molecule has 1 aliphatic rings. The van der Waals surface area contributed by atoms with Crippen LogP contribution in [0.25, 0.3) is 5.82 Å². The molecule has 0 aromatic carbocycles. The first-order valence-electron chi connectivity index (χ1n) is 5.94. The first-order chi connectivity index (χ1) is 8.43. The van der Waals surface area contributed by atoms with Gasteiger partial charge in [0.25, 0.3) is 0 Å². The van der Waals surface area contributed by atoms with Crippen LogP contribution in [0, 0.1) is 0 Å². The van der Waals surface area contributed by atoms with Gasteiger partial charge < -0.3 is 5.32 Å². The second-order valence-corrected chi connectivity index (χ2v) is 4.32. The van der Waals surface area contributed by atoms with E-state index in [1.54, 1.807) is 18.7 Å². The Labute approximate surface area is 99.9 Å². The van der Waals surface area contributed by atoms with E-state index >= 15 is 0 Å². The molecule has 5 heteroatoms. The van der Waals surface area contributed by atoms with Gasteiger partial charge in [-0.1, -0.05) is 0 Å². The highest BCUT2D eigenvalue weighted by molar-refractivity contribution is 5.21.